The smallest absolute Gasteiger partial charge is 0.256 e. The Hall–Kier alpha value is -4.97. The van der Waals surface area contributed by atoms with E-state index in [9.17, 15) is 9.59 Å². The summed E-state index contributed by atoms with van der Waals surface area (Å²) >= 11 is 0. The number of aliphatic imine (C=N–C) groups is 1. The number of amides is 1. The molecule has 41 heavy (non-hydrogen) atoms. The molecule has 3 aliphatic rings. The number of fused-ring (bicyclic) bond motifs is 4. The Morgan fingerprint density at radius 3 is 2.24 bits per heavy atom. The lowest BCUT2D eigenvalue weighted by Gasteiger charge is -2.21. The van der Waals surface area contributed by atoms with Crippen molar-refractivity contribution in [1.82, 2.24) is 4.90 Å². The van der Waals surface area contributed by atoms with Gasteiger partial charge in [-0.2, -0.15) is 0 Å². The molecule has 7 rings (SSSR count). The Kier molecular flexibility index (Phi) is 6.23. The van der Waals surface area contributed by atoms with Crippen molar-refractivity contribution in [3.05, 3.63) is 124 Å². The highest BCUT2D eigenvalue weighted by Crippen LogP contribution is 2.37. The van der Waals surface area contributed by atoms with Gasteiger partial charge in [0.05, 0.1) is 17.3 Å². The van der Waals surface area contributed by atoms with E-state index in [1.807, 2.05) is 103 Å². The molecule has 0 radical (unpaired) electrons. The number of benzene rings is 4. The molecule has 1 fully saturated rings. The van der Waals surface area contributed by atoms with Crippen LogP contribution >= 0.6 is 0 Å². The van der Waals surface area contributed by atoms with Gasteiger partial charge in [0.15, 0.2) is 5.78 Å². The van der Waals surface area contributed by atoms with Crippen LogP contribution in [-0.4, -0.2) is 42.2 Å². The van der Waals surface area contributed by atoms with Crippen LogP contribution in [0.25, 0.3) is 11.6 Å². The Bertz CT molecular complexity index is 1700. The Morgan fingerprint density at radius 1 is 0.854 bits per heavy atom. The fraction of sp³-hybridized carbons (Fsp3) is 0.171. The number of aryl methyl sites for hydroxylation is 1. The molecule has 1 atom stereocenters. The molecule has 0 spiro atoms. The van der Waals surface area contributed by atoms with E-state index >= 15 is 0 Å². The lowest BCUT2D eigenvalue weighted by Crippen LogP contribution is -2.35. The van der Waals surface area contributed by atoms with E-state index in [0.29, 0.717) is 22.7 Å². The van der Waals surface area contributed by atoms with Crippen molar-refractivity contribution in [2.24, 2.45) is 4.99 Å². The third kappa shape index (κ3) is 4.51. The van der Waals surface area contributed by atoms with E-state index < -0.39 is 0 Å². The summed E-state index contributed by atoms with van der Waals surface area (Å²) in [6.07, 6.45) is 5.95. The molecule has 0 aromatic heterocycles. The summed E-state index contributed by atoms with van der Waals surface area (Å²) in [5.74, 6) is 1.41. The minimum absolute atomic E-state index is 0.0232. The second kappa shape index (κ2) is 10.2. The van der Waals surface area contributed by atoms with Gasteiger partial charge in [-0.25, -0.2) is 0 Å². The molecule has 0 saturated carbocycles. The molecule has 6 heteroatoms. The van der Waals surface area contributed by atoms with Crippen molar-refractivity contribution in [2.75, 3.05) is 13.3 Å². The first kappa shape index (κ1) is 25.0. The molecule has 6 nitrogen and oxygen atoms in total. The van der Waals surface area contributed by atoms with E-state index in [-0.39, 0.29) is 24.5 Å². The zero-order valence-corrected chi connectivity index (χ0v) is 22.7. The van der Waals surface area contributed by atoms with Crippen LogP contribution in [0.3, 0.4) is 0 Å². The summed E-state index contributed by atoms with van der Waals surface area (Å²) < 4.78 is 11.8. The Labute approximate surface area is 238 Å². The summed E-state index contributed by atoms with van der Waals surface area (Å²) in [5, 5.41) is 0. The summed E-state index contributed by atoms with van der Waals surface area (Å²) in [7, 11) is 0. The van der Waals surface area contributed by atoms with Gasteiger partial charge < -0.3 is 14.4 Å². The van der Waals surface area contributed by atoms with Crippen LogP contribution in [0.4, 0.5) is 5.69 Å². The Morgan fingerprint density at radius 2 is 1.54 bits per heavy atom. The van der Waals surface area contributed by atoms with Crippen molar-refractivity contribution in [3.8, 4) is 11.5 Å². The Balaban J connectivity index is 1.07. The summed E-state index contributed by atoms with van der Waals surface area (Å²) in [6.45, 7) is 2.72. The number of hydrogen-bond donors (Lipinski definition) is 0. The number of nitrogens with zero attached hydrogens (tertiary/aromatic N) is 2. The lowest BCUT2D eigenvalue weighted by atomic mass is 9.81. The van der Waals surface area contributed by atoms with Gasteiger partial charge in [-0.3, -0.25) is 14.6 Å². The average molecular weight is 541 g/mol. The zero-order valence-electron chi connectivity index (χ0n) is 22.7. The van der Waals surface area contributed by atoms with Gasteiger partial charge in [-0.1, -0.05) is 60.7 Å². The van der Waals surface area contributed by atoms with E-state index in [2.05, 4.69) is 11.1 Å². The molecule has 4 aromatic rings. The third-order valence-corrected chi connectivity index (χ3v) is 8.02. The van der Waals surface area contributed by atoms with Crippen molar-refractivity contribution in [1.29, 1.82) is 0 Å². The highest BCUT2D eigenvalue weighted by molar-refractivity contribution is 6.20. The van der Waals surface area contributed by atoms with Crippen molar-refractivity contribution in [3.63, 3.8) is 0 Å². The molecule has 1 saturated heterocycles. The molecule has 1 amide bonds. The van der Waals surface area contributed by atoms with Gasteiger partial charge in [0.1, 0.15) is 11.5 Å². The molecule has 0 unspecified atom stereocenters. The van der Waals surface area contributed by atoms with E-state index in [4.69, 9.17) is 9.47 Å². The maximum absolute atomic E-state index is 13.0. The van der Waals surface area contributed by atoms with Crippen LogP contribution in [-0.2, 0) is 0 Å². The van der Waals surface area contributed by atoms with Crippen molar-refractivity contribution in [2.45, 2.75) is 25.8 Å². The minimum Gasteiger partial charge on any atom is -0.458 e. The fourth-order valence-corrected chi connectivity index (χ4v) is 5.90. The SMILES string of the molecule is Cc1cc2c(cc1OCOc1ccc(C=C3c4ccccc4C(=O)c4ccccc43)cc1)N=C[C@@H]1CCCN1C2=O. The summed E-state index contributed by atoms with van der Waals surface area (Å²) in [5.41, 5.74) is 7.45. The van der Waals surface area contributed by atoms with Crippen LogP contribution in [0.1, 0.15) is 61.4 Å². The maximum Gasteiger partial charge on any atom is 0.256 e. The third-order valence-electron chi connectivity index (χ3n) is 8.02. The highest BCUT2D eigenvalue weighted by atomic mass is 16.7. The highest BCUT2D eigenvalue weighted by Gasteiger charge is 2.32. The molecule has 0 bridgehead atoms. The average Bonchev–Trinajstić information content (AvgIpc) is 3.44. The molecule has 4 aromatic carbocycles. The van der Waals surface area contributed by atoms with Gasteiger partial charge in [0.2, 0.25) is 6.79 Å². The number of carbonyl (C=O) groups is 2. The van der Waals surface area contributed by atoms with E-state index in [1.165, 1.54) is 0 Å². The number of hydrogen-bond acceptors (Lipinski definition) is 5. The topological polar surface area (TPSA) is 68.2 Å². The van der Waals surface area contributed by atoms with E-state index in [0.717, 1.165) is 58.3 Å². The summed E-state index contributed by atoms with van der Waals surface area (Å²) in [4.78, 5) is 32.6. The number of carbonyl (C=O) groups excluding carboxylic acids is 2. The summed E-state index contributed by atoms with van der Waals surface area (Å²) in [6, 6.07) is 27.1. The zero-order chi connectivity index (χ0) is 27.9. The predicted molar refractivity (Wildman–Crippen MR) is 159 cm³/mol. The quantitative estimate of drug-likeness (QED) is 0.228. The molecule has 0 N–H and O–H groups in total. The molecule has 2 heterocycles. The first-order chi connectivity index (χ1) is 20.1. The van der Waals surface area contributed by atoms with Crippen LogP contribution in [0.15, 0.2) is 89.9 Å². The second-order valence-corrected chi connectivity index (χ2v) is 10.6. The van der Waals surface area contributed by atoms with Gasteiger partial charge in [-0.05, 0) is 71.9 Å². The second-order valence-electron chi connectivity index (χ2n) is 10.6. The van der Waals surface area contributed by atoms with Crippen LogP contribution in [0, 0.1) is 6.92 Å². The monoisotopic (exact) mass is 540 g/mol. The van der Waals surface area contributed by atoms with Crippen LogP contribution < -0.4 is 9.47 Å². The molecular formula is C35H28N2O4. The molecule has 202 valence electrons. The van der Waals surface area contributed by atoms with Crippen LogP contribution in [0.2, 0.25) is 0 Å². The van der Waals surface area contributed by atoms with Crippen molar-refractivity contribution >= 4 is 35.2 Å². The molecule has 2 aliphatic heterocycles. The van der Waals surface area contributed by atoms with Gasteiger partial charge in [-0.15, -0.1) is 0 Å². The molecular weight excluding hydrogens is 512 g/mol. The van der Waals surface area contributed by atoms with Gasteiger partial charge in [0, 0.05) is 30.0 Å². The fourth-order valence-electron chi connectivity index (χ4n) is 5.90. The largest absolute Gasteiger partial charge is 0.458 e. The first-order valence-electron chi connectivity index (χ1n) is 13.9. The lowest BCUT2D eigenvalue weighted by molar-refractivity contribution is 0.0774. The predicted octanol–water partition coefficient (Wildman–Crippen LogP) is 6.86. The van der Waals surface area contributed by atoms with Gasteiger partial charge in [0.25, 0.3) is 5.91 Å². The van der Waals surface area contributed by atoms with Crippen molar-refractivity contribution < 1.29 is 19.1 Å². The van der Waals surface area contributed by atoms with E-state index in [1.54, 1.807) is 0 Å². The normalized spacial score (nSPS) is 16.9. The minimum atomic E-state index is 0.0232. The number of rotatable bonds is 5. The maximum atomic E-state index is 13.0. The molecule has 1 aliphatic carbocycles. The first-order valence-corrected chi connectivity index (χ1v) is 13.9. The standard InChI is InChI=1S/C35H28N2O4/c1-22-17-31-32(36-20-24-7-6-16-37(24)35(31)39)19-33(22)41-21-40-25-14-12-23(13-15-25)18-30-26-8-2-4-10-28(26)34(38)29-11-5-3-9-27(29)30/h2-5,8-15,17-20,24H,6-7,16,21H2,1H3/t24-/m0/s1. The number of ether oxygens (including phenoxy) is 2. The van der Waals surface area contributed by atoms with Gasteiger partial charge >= 0.3 is 0 Å². The number of ketones is 1. The van der Waals surface area contributed by atoms with Crippen LogP contribution in [0.5, 0.6) is 11.5 Å².